The number of benzene rings is 2. The Kier molecular flexibility index (Phi) is 5.50. The standard InChI is InChI=1S/C22H23FN4O3/c1-2-26(17-7-5-16(23)6-8-17)21-12-14(9-10-28)11-18(22(21)27(29)30)20-13-19(24-25-20)15-3-4-15/h5-8,11-13,15,28H,2-4,9-10H2,1H3,(H,24,25). The molecule has 0 aliphatic heterocycles. The Bertz CT molecular complexity index is 1060. The second-order valence-corrected chi connectivity index (χ2v) is 7.45. The minimum atomic E-state index is -0.398. The molecule has 0 spiro atoms. The molecule has 1 aliphatic carbocycles. The SMILES string of the molecule is CCN(c1ccc(F)cc1)c1cc(CCO)cc(-c2cc(C3CC3)[nH]n2)c1[N+](=O)[O-]. The summed E-state index contributed by atoms with van der Waals surface area (Å²) in [6, 6.07) is 11.2. The van der Waals surface area contributed by atoms with Gasteiger partial charge in [-0.15, -0.1) is 0 Å². The largest absolute Gasteiger partial charge is 0.396 e. The van der Waals surface area contributed by atoms with Gasteiger partial charge in [0.2, 0.25) is 0 Å². The van der Waals surface area contributed by atoms with Gasteiger partial charge in [0.15, 0.2) is 0 Å². The predicted octanol–water partition coefficient (Wildman–Crippen LogP) is 4.69. The van der Waals surface area contributed by atoms with Gasteiger partial charge in [-0.05, 0) is 74.2 Å². The summed E-state index contributed by atoms with van der Waals surface area (Å²) in [7, 11) is 0. The monoisotopic (exact) mass is 410 g/mol. The van der Waals surface area contributed by atoms with Crippen LogP contribution in [-0.2, 0) is 6.42 Å². The molecular formula is C22H23FN4O3. The van der Waals surface area contributed by atoms with Crippen molar-refractivity contribution in [1.82, 2.24) is 10.2 Å². The van der Waals surface area contributed by atoms with Crippen molar-refractivity contribution in [2.45, 2.75) is 32.1 Å². The van der Waals surface area contributed by atoms with E-state index in [4.69, 9.17) is 0 Å². The lowest BCUT2D eigenvalue weighted by Crippen LogP contribution is -2.18. The van der Waals surface area contributed by atoms with Crippen molar-refractivity contribution in [2.75, 3.05) is 18.1 Å². The molecule has 0 unspecified atom stereocenters. The van der Waals surface area contributed by atoms with Crippen LogP contribution in [0.3, 0.4) is 0 Å². The fraction of sp³-hybridized carbons (Fsp3) is 0.318. The Labute approximate surface area is 173 Å². The zero-order chi connectivity index (χ0) is 21.3. The number of aliphatic hydroxyl groups excluding tert-OH is 1. The molecule has 1 fully saturated rings. The third-order valence-corrected chi connectivity index (χ3v) is 5.37. The van der Waals surface area contributed by atoms with E-state index in [1.807, 2.05) is 13.0 Å². The van der Waals surface area contributed by atoms with Crippen molar-refractivity contribution in [3.05, 3.63) is 69.7 Å². The number of nitrogens with zero attached hydrogens (tertiary/aromatic N) is 3. The number of hydrogen-bond donors (Lipinski definition) is 2. The predicted molar refractivity (Wildman–Crippen MR) is 113 cm³/mol. The minimum Gasteiger partial charge on any atom is -0.396 e. The number of nitro groups is 1. The molecule has 2 aromatic carbocycles. The Morgan fingerprint density at radius 1 is 1.27 bits per heavy atom. The minimum absolute atomic E-state index is 0.0586. The highest BCUT2D eigenvalue weighted by Crippen LogP contribution is 2.44. The zero-order valence-corrected chi connectivity index (χ0v) is 16.6. The van der Waals surface area contributed by atoms with Gasteiger partial charge in [0.1, 0.15) is 11.5 Å². The summed E-state index contributed by atoms with van der Waals surface area (Å²) in [5, 5.41) is 29.0. The van der Waals surface area contributed by atoms with Crippen LogP contribution in [0.15, 0.2) is 42.5 Å². The lowest BCUT2D eigenvalue weighted by molar-refractivity contribution is -0.383. The lowest BCUT2D eigenvalue weighted by atomic mass is 10.0. The molecule has 3 aromatic rings. The topological polar surface area (TPSA) is 95.3 Å². The Hall–Kier alpha value is -3.26. The molecule has 2 N–H and O–H groups in total. The summed E-state index contributed by atoms with van der Waals surface area (Å²) < 4.78 is 13.4. The van der Waals surface area contributed by atoms with Gasteiger partial charge in [-0.2, -0.15) is 5.10 Å². The molecule has 0 radical (unpaired) electrons. The summed E-state index contributed by atoms with van der Waals surface area (Å²) in [4.78, 5) is 13.6. The molecule has 1 heterocycles. The number of aromatic amines is 1. The second kappa shape index (κ2) is 8.23. The molecule has 1 aromatic heterocycles. The number of aliphatic hydroxyl groups is 1. The van der Waals surface area contributed by atoms with Gasteiger partial charge in [-0.3, -0.25) is 15.2 Å². The first-order valence-corrected chi connectivity index (χ1v) is 10.0. The van der Waals surface area contributed by atoms with Crippen LogP contribution in [0.5, 0.6) is 0 Å². The molecule has 1 saturated carbocycles. The fourth-order valence-electron chi connectivity index (χ4n) is 3.73. The number of H-pyrrole nitrogens is 1. The van der Waals surface area contributed by atoms with Crippen molar-refractivity contribution < 1.29 is 14.4 Å². The lowest BCUT2D eigenvalue weighted by Gasteiger charge is -2.24. The normalized spacial score (nSPS) is 13.4. The van der Waals surface area contributed by atoms with Crippen LogP contribution in [0.2, 0.25) is 0 Å². The maximum Gasteiger partial charge on any atom is 0.302 e. The van der Waals surface area contributed by atoms with E-state index in [-0.39, 0.29) is 18.1 Å². The Morgan fingerprint density at radius 2 is 2.00 bits per heavy atom. The van der Waals surface area contributed by atoms with Crippen LogP contribution in [-0.4, -0.2) is 33.4 Å². The first-order chi connectivity index (χ1) is 14.5. The van der Waals surface area contributed by atoms with Crippen molar-refractivity contribution in [3.63, 3.8) is 0 Å². The second-order valence-electron chi connectivity index (χ2n) is 7.45. The Balaban J connectivity index is 1.89. The van der Waals surface area contributed by atoms with E-state index in [1.54, 1.807) is 29.2 Å². The fourth-order valence-corrected chi connectivity index (χ4v) is 3.73. The highest BCUT2D eigenvalue weighted by molar-refractivity contribution is 5.85. The molecule has 4 rings (SSSR count). The van der Waals surface area contributed by atoms with Crippen molar-refractivity contribution in [2.24, 2.45) is 0 Å². The number of aromatic nitrogens is 2. The van der Waals surface area contributed by atoms with E-state index < -0.39 is 4.92 Å². The van der Waals surface area contributed by atoms with Gasteiger partial charge in [-0.25, -0.2) is 4.39 Å². The smallest absolute Gasteiger partial charge is 0.302 e. The quantitative estimate of drug-likeness (QED) is 0.415. The molecule has 0 atom stereocenters. The van der Waals surface area contributed by atoms with Crippen molar-refractivity contribution in [3.8, 4) is 11.3 Å². The van der Waals surface area contributed by atoms with Gasteiger partial charge >= 0.3 is 5.69 Å². The highest BCUT2D eigenvalue weighted by Gasteiger charge is 2.30. The number of anilines is 2. The summed E-state index contributed by atoms with van der Waals surface area (Å²) in [5.74, 6) is 0.0694. The van der Waals surface area contributed by atoms with Crippen LogP contribution >= 0.6 is 0 Å². The zero-order valence-electron chi connectivity index (χ0n) is 16.6. The van der Waals surface area contributed by atoms with Crippen molar-refractivity contribution in [1.29, 1.82) is 0 Å². The van der Waals surface area contributed by atoms with Crippen LogP contribution in [0.25, 0.3) is 11.3 Å². The molecular weight excluding hydrogens is 387 g/mol. The maximum absolute atomic E-state index is 13.4. The van der Waals surface area contributed by atoms with Gasteiger partial charge in [-0.1, -0.05) is 0 Å². The first kappa shape index (κ1) is 20.0. The summed E-state index contributed by atoms with van der Waals surface area (Å²) in [6.45, 7) is 2.25. The van der Waals surface area contributed by atoms with Crippen LogP contribution in [0.1, 0.15) is 36.9 Å². The first-order valence-electron chi connectivity index (χ1n) is 10.0. The van der Waals surface area contributed by atoms with Gasteiger partial charge in [0, 0.05) is 30.5 Å². The number of hydrogen-bond acceptors (Lipinski definition) is 5. The van der Waals surface area contributed by atoms with Crippen LogP contribution in [0, 0.1) is 15.9 Å². The maximum atomic E-state index is 13.4. The van der Waals surface area contributed by atoms with Crippen molar-refractivity contribution >= 4 is 17.1 Å². The Morgan fingerprint density at radius 3 is 2.60 bits per heavy atom. The average molecular weight is 410 g/mol. The van der Waals surface area contributed by atoms with Crippen LogP contribution in [0.4, 0.5) is 21.5 Å². The van der Waals surface area contributed by atoms with Gasteiger partial charge in [0.25, 0.3) is 0 Å². The number of nitrogens with one attached hydrogen (secondary N) is 1. The molecule has 1 aliphatic rings. The molecule has 8 heteroatoms. The van der Waals surface area contributed by atoms with E-state index in [0.29, 0.717) is 41.5 Å². The molecule has 156 valence electrons. The van der Waals surface area contributed by atoms with Crippen LogP contribution < -0.4 is 4.90 Å². The van der Waals surface area contributed by atoms with E-state index in [2.05, 4.69) is 10.2 Å². The molecule has 0 bridgehead atoms. The van der Waals surface area contributed by atoms with E-state index in [9.17, 15) is 19.6 Å². The molecule has 30 heavy (non-hydrogen) atoms. The highest BCUT2D eigenvalue weighted by atomic mass is 19.1. The van der Waals surface area contributed by atoms with Gasteiger partial charge in [0.05, 0.1) is 16.2 Å². The molecule has 0 saturated heterocycles. The van der Waals surface area contributed by atoms with E-state index in [0.717, 1.165) is 24.1 Å². The average Bonchev–Trinajstić information content (AvgIpc) is 3.46. The third-order valence-electron chi connectivity index (χ3n) is 5.37. The van der Waals surface area contributed by atoms with E-state index in [1.165, 1.54) is 12.1 Å². The number of nitro benzene ring substituents is 1. The molecule has 7 nitrogen and oxygen atoms in total. The third kappa shape index (κ3) is 3.91. The van der Waals surface area contributed by atoms with Gasteiger partial charge < -0.3 is 10.0 Å². The summed E-state index contributed by atoms with van der Waals surface area (Å²) in [5.41, 5.74) is 3.66. The summed E-state index contributed by atoms with van der Waals surface area (Å²) in [6.07, 6.45) is 2.54. The van der Waals surface area contributed by atoms with E-state index >= 15 is 0 Å². The number of rotatable bonds is 8. The summed E-state index contributed by atoms with van der Waals surface area (Å²) >= 11 is 0. The number of halogens is 1. The molecule has 0 amide bonds.